The topological polar surface area (TPSA) is 59.6 Å². The molecule has 0 heterocycles. The van der Waals surface area contributed by atoms with Crippen molar-refractivity contribution in [1.29, 1.82) is 0 Å². The molecule has 128 valence electrons. The Balaban J connectivity index is 1.95. The van der Waals surface area contributed by atoms with Crippen molar-refractivity contribution < 1.29 is 23.0 Å². The lowest BCUT2D eigenvalue weighted by atomic mass is 10.1. The number of carbonyl (C=O) groups is 1. The highest BCUT2D eigenvalue weighted by atomic mass is 19.3. The molecule has 0 saturated carbocycles. The summed E-state index contributed by atoms with van der Waals surface area (Å²) in [5.74, 6) is 0.733. The number of halogens is 2. The molecule has 2 rings (SSSR count). The highest BCUT2D eigenvalue weighted by Crippen LogP contribution is 2.21. The van der Waals surface area contributed by atoms with Crippen LogP contribution < -0.4 is 20.1 Å². The van der Waals surface area contributed by atoms with Gasteiger partial charge < -0.3 is 20.1 Å². The van der Waals surface area contributed by atoms with Gasteiger partial charge in [-0.2, -0.15) is 8.78 Å². The third-order valence-electron chi connectivity index (χ3n) is 3.28. The van der Waals surface area contributed by atoms with Gasteiger partial charge in [-0.3, -0.25) is 0 Å². The maximum absolute atomic E-state index is 12.2. The van der Waals surface area contributed by atoms with Crippen molar-refractivity contribution in [2.24, 2.45) is 0 Å². The van der Waals surface area contributed by atoms with E-state index in [9.17, 15) is 13.6 Å². The Morgan fingerprint density at radius 1 is 1.08 bits per heavy atom. The average molecular weight is 336 g/mol. The molecule has 0 unspecified atom stereocenters. The van der Waals surface area contributed by atoms with E-state index in [1.54, 1.807) is 50.4 Å². The number of anilines is 1. The summed E-state index contributed by atoms with van der Waals surface area (Å²) in [5, 5.41) is 5.41. The van der Waals surface area contributed by atoms with Crippen LogP contribution in [0.1, 0.15) is 18.5 Å². The molecule has 0 radical (unpaired) electrons. The second-order valence-electron chi connectivity index (χ2n) is 5.00. The molecule has 0 aromatic heterocycles. The molecule has 0 aliphatic heterocycles. The Bertz CT molecular complexity index is 678. The lowest BCUT2D eigenvalue weighted by Crippen LogP contribution is -2.31. The molecule has 2 N–H and O–H groups in total. The van der Waals surface area contributed by atoms with Crippen LogP contribution in [-0.4, -0.2) is 19.8 Å². The fraction of sp³-hybridized carbons (Fsp3) is 0.235. The number of alkyl halides is 2. The van der Waals surface area contributed by atoms with Crippen LogP contribution in [-0.2, 0) is 0 Å². The fourth-order valence-corrected chi connectivity index (χ4v) is 2.08. The van der Waals surface area contributed by atoms with Gasteiger partial charge in [-0.15, -0.1) is 0 Å². The first-order valence-electron chi connectivity index (χ1n) is 7.24. The Morgan fingerprint density at radius 2 is 1.79 bits per heavy atom. The molecule has 2 aromatic rings. The summed E-state index contributed by atoms with van der Waals surface area (Å²) in [4.78, 5) is 12.0. The first-order valence-corrected chi connectivity index (χ1v) is 7.24. The Kier molecular flexibility index (Phi) is 5.95. The number of hydrogen-bond acceptors (Lipinski definition) is 3. The van der Waals surface area contributed by atoms with Crippen LogP contribution in [0.5, 0.6) is 11.5 Å². The molecule has 2 amide bonds. The van der Waals surface area contributed by atoms with Crippen LogP contribution in [0.3, 0.4) is 0 Å². The van der Waals surface area contributed by atoms with Crippen molar-refractivity contribution >= 4 is 11.7 Å². The van der Waals surface area contributed by atoms with Gasteiger partial charge in [0.1, 0.15) is 11.5 Å². The first kappa shape index (κ1) is 17.5. The van der Waals surface area contributed by atoms with Gasteiger partial charge in [0, 0.05) is 5.69 Å². The summed E-state index contributed by atoms with van der Waals surface area (Å²) in [6.45, 7) is -1.14. The predicted octanol–water partition coefficient (Wildman–Crippen LogP) is 4.18. The van der Waals surface area contributed by atoms with Gasteiger partial charge in [0.15, 0.2) is 0 Å². The lowest BCUT2D eigenvalue weighted by molar-refractivity contribution is -0.0499. The van der Waals surface area contributed by atoms with Crippen molar-refractivity contribution in [1.82, 2.24) is 5.32 Å². The molecule has 5 nitrogen and oxygen atoms in total. The van der Waals surface area contributed by atoms with Crippen molar-refractivity contribution in [3.8, 4) is 11.5 Å². The van der Waals surface area contributed by atoms with E-state index in [0.717, 1.165) is 0 Å². The molecule has 0 aliphatic carbocycles. The number of amides is 2. The zero-order chi connectivity index (χ0) is 17.5. The molecule has 0 spiro atoms. The Labute approximate surface area is 138 Å². The summed E-state index contributed by atoms with van der Waals surface area (Å²) in [5.41, 5.74) is 1.26. The molecule has 0 aliphatic rings. The minimum absolute atomic E-state index is 0.0479. The number of nitrogens with one attached hydrogen (secondary N) is 2. The van der Waals surface area contributed by atoms with E-state index in [-0.39, 0.29) is 11.8 Å². The van der Waals surface area contributed by atoms with Gasteiger partial charge >= 0.3 is 12.6 Å². The van der Waals surface area contributed by atoms with E-state index in [4.69, 9.17) is 4.74 Å². The van der Waals surface area contributed by atoms with E-state index in [1.165, 1.54) is 12.1 Å². The monoisotopic (exact) mass is 336 g/mol. The van der Waals surface area contributed by atoms with Crippen LogP contribution >= 0.6 is 0 Å². The van der Waals surface area contributed by atoms with Gasteiger partial charge in [0.2, 0.25) is 0 Å². The predicted molar refractivity (Wildman–Crippen MR) is 86.6 cm³/mol. The number of benzene rings is 2. The van der Waals surface area contributed by atoms with Gasteiger partial charge in [-0.05, 0) is 48.9 Å². The van der Waals surface area contributed by atoms with Gasteiger partial charge in [-0.1, -0.05) is 12.1 Å². The van der Waals surface area contributed by atoms with Crippen molar-refractivity contribution in [3.05, 3.63) is 54.1 Å². The molecule has 7 heteroatoms. The lowest BCUT2D eigenvalue weighted by Gasteiger charge is -2.16. The smallest absolute Gasteiger partial charge is 0.387 e. The number of rotatable bonds is 6. The maximum Gasteiger partial charge on any atom is 0.387 e. The van der Waals surface area contributed by atoms with E-state index in [0.29, 0.717) is 17.0 Å². The van der Waals surface area contributed by atoms with E-state index < -0.39 is 12.6 Å². The summed E-state index contributed by atoms with van der Waals surface area (Å²) in [7, 11) is 1.56. The van der Waals surface area contributed by atoms with Gasteiger partial charge in [0.25, 0.3) is 0 Å². The van der Waals surface area contributed by atoms with Crippen molar-refractivity contribution in [2.45, 2.75) is 19.6 Å². The highest BCUT2D eigenvalue weighted by molar-refractivity contribution is 5.89. The van der Waals surface area contributed by atoms with Crippen LogP contribution in [0.2, 0.25) is 0 Å². The van der Waals surface area contributed by atoms with Gasteiger partial charge in [0.05, 0.1) is 13.2 Å². The molecule has 0 bridgehead atoms. The number of methoxy groups -OCH3 is 1. The van der Waals surface area contributed by atoms with Crippen LogP contribution in [0.15, 0.2) is 48.5 Å². The summed E-state index contributed by atoms with van der Waals surface area (Å²) in [6.07, 6.45) is 0. The minimum atomic E-state index is -2.89. The first-order chi connectivity index (χ1) is 11.5. The second-order valence-corrected chi connectivity index (χ2v) is 5.00. The fourth-order valence-electron chi connectivity index (χ4n) is 2.08. The van der Waals surface area contributed by atoms with Crippen LogP contribution in [0.4, 0.5) is 19.3 Å². The molecule has 1 atom stereocenters. The molecule has 2 aromatic carbocycles. The van der Waals surface area contributed by atoms with Gasteiger partial charge in [-0.25, -0.2) is 4.79 Å². The van der Waals surface area contributed by atoms with E-state index >= 15 is 0 Å². The van der Waals surface area contributed by atoms with E-state index in [1.807, 2.05) is 0 Å². The van der Waals surface area contributed by atoms with Crippen LogP contribution in [0, 0.1) is 0 Å². The van der Waals surface area contributed by atoms with Crippen LogP contribution in [0.25, 0.3) is 0 Å². The zero-order valence-corrected chi connectivity index (χ0v) is 13.3. The molecule has 0 saturated heterocycles. The zero-order valence-electron chi connectivity index (χ0n) is 13.3. The van der Waals surface area contributed by atoms with Crippen molar-refractivity contribution in [2.75, 3.05) is 12.4 Å². The SMILES string of the molecule is COc1ccc(NC(=O)N[C@H](C)c2cccc(OC(F)F)c2)cc1. The number of urea groups is 1. The Morgan fingerprint density at radius 3 is 2.42 bits per heavy atom. The molecular formula is C17H18F2N2O3. The summed E-state index contributed by atoms with van der Waals surface area (Å²) in [6, 6.07) is 12.3. The molecule has 24 heavy (non-hydrogen) atoms. The Hall–Kier alpha value is -2.83. The quantitative estimate of drug-likeness (QED) is 0.832. The summed E-state index contributed by atoms with van der Waals surface area (Å²) < 4.78 is 33.9. The molecule has 0 fully saturated rings. The number of hydrogen-bond donors (Lipinski definition) is 2. The standard InChI is InChI=1S/C17H18F2N2O3/c1-11(12-4-3-5-15(10-12)24-16(18)19)20-17(22)21-13-6-8-14(23-2)9-7-13/h3-11,16H,1-2H3,(H2,20,21,22)/t11-/m1/s1. The third-order valence-corrected chi connectivity index (χ3v) is 3.28. The highest BCUT2D eigenvalue weighted by Gasteiger charge is 2.12. The normalized spacial score (nSPS) is 11.7. The minimum Gasteiger partial charge on any atom is -0.497 e. The second kappa shape index (κ2) is 8.14. The number of ether oxygens (including phenoxy) is 2. The number of carbonyl (C=O) groups excluding carboxylic acids is 1. The average Bonchev–Trinajstić information content (AvgIpc) is 2.55. The molecular weight excluding hydrogens is 318 g/mol. The third kappa shape index (κ3) is 5.12. The summed E-state index contributed by atoms with van der Waals surface area (Å²) >= 11 is 0. The maximum atomic E-state index is 12.2. The largest absolute Gasteiger partial charge is 0.497 e. The van der Waals surface area contributed by atoms with E-state index in [2.05, 4.69) is 15.4 Å². The van der Waals surface area contributed by atoms with Crippen molar-refractivity contribution in [3.63, 3.8) is 0 Å².